The minimum Gasteiger partial charge on any atom is -0.512 e. The lowest BCUT2D eigenvalue weighted by atomic mass is 10.2. The molecule has 0 aromatic heterocycles. The number of aryl methyl sites for hydroxylation is 1. The fraction of sp³-hybridized carbons (Fsp3) is 0.231. The Morgan fingerprint density at radius 2 is 1.81 bits per heavy atom. The summed E-state index contributed by atoms with van der Waals surface area (Å²) in [6, 6.07) is 7.60. The van der Waals surface area contributed by atoms with E-state index in [9.17, 15) is 9.90 Å². The van der Waals surface area contributed by atoms with Crippen molar-refractivity contribution < 1.29 is 9.90 Å². The normalized spacial score (nSPS) is 12.7. The van der Waals surface area contributed by atoms with Gasteiger partial charge in [0.25, 0.3) is 0 Å². The second-order valence-electron chi connectivity index (χ2n) is 3.65. The largest absolute Gasteiger partial charge is 0.512 e. The Morgan fingerprint density at radius 1 is 1.25 bits per heavy atom. The molecule has 84 valence electrons. The summed E-state index contributed by atoms with van der Waals surface area (Å²) < 4.78 is 0. The van der Waals surface area contributed by atoms with E-state index in [-0.39, 0.29) is 17.1 Å². The number of aliphatic hydroxyl groups excluding tert-OH is 1. The number of aliphatic imine (C=N–C) groups is 1. The van der Waals surface area contributed by atoms with Gasteiger partial charge in [-0.05, 0) is 32.9 Å². The summed E-state index contributed by atoms with van der Waals surface area (Å²) in [5, 5.41) is 9.27. The maximum absolute atomic E-state index is 11.2. The lowest BCUT2D eigenvalue weighted by molar-refractivity contribution is -0.113. The second kappa shape index (κ2) is 5.26. The minimum atomic E-state index is -0.198. The number of rotatable bonds is 3. The van der Waals surface area contributed by atoms with Crippen LogP contribution in [0.3, 0.4) is 0 Å². The fourth-order valence-electron chi connectivity index (χ4n) is 1.21. The van der Waals surface area contributed by atoms with Gasteiger partial charge in [0.15, 0.2) is 5.78 Å². The molecule has 0 bridgehead atoms. The van der Waals surface area contributed by atoms with E-state index in [1.807, 2.05) is 31.2 Å². The van der Waals surface area contributed by atoms with Crippen LogP contribution in [0.5, 0.6) is 0 Å². The van der Waals surface area contributed by atoms with Crippen LogP contribution in [0, 0.1) is 6.92 Å². The number of benzene rings is 1. The summed E-state index contributed by atoms with van der Waals surface area (Å²) in [6.45, 7) is 4.86. The van der Waals surface area contributed by atoms with Gasteiger partial charge in [-0.2, -0.15) is 0 Å². The first-order valence-electron chi connectivity index (χ1n) is 5.02. The average molecular weight is 217 g/mol. The molecule has 0 aliphatic carbocycles. The van der Waals surface area contributed by atoms with E-state index < -0.39 is 0 Å². The maximum Gasteiger partial charge on any atom is 0.164 e. The molecule has 0 heterocycles. The van der Waals surface area contributed by atoms with Gasteiger partial charge in [0.05, 0.1) is 11.3 Å². The van der Waals surface area contributed by atoms with Gasteiger partial charge in [-0.1, -0.05) is 17.7 Å². The molecule has 1 N–H and O–H groups in total. The zero-order valence-electron chi connectivity index (χ0n) is 9.69. The molecule has 0 spiro atoms. The number of allylic oxidation sites excluding steroid dienone is 2. The monoisotopic (exact) mass is 217 g/mol. The molecule has 16 heavy (non-hydrogen) atoms. The number of nitrogens with zero attached hydrogens (tertiary/aromatic N) is 1. The summed E-state index contributed by atoms with van der Waals surface area (Å²) in [6.07, 6.45) is 1.39. The van der Waals surface area contributed by atoms with Crippen molar-refractivity contribution in [1.29, 1.82) is 0 Å². The molecule has 3 heteroatoms. The Kier molecular flexibility index (Phi) is 4.00. The lowest BCUT2D eigenvalue weighted by Gasteiger charge is -1.98. The Balaban J connectivity index is 2.92. The molecule has 0 saturated heterocycles. The third-order valence-electron chi connectivity index (χ3n) is 2.15. The zero-order valence-corrected chi connectivity index (χ0v) is 9.69. The van der Waals surface area contributed by atoms with Crippen molar-refractivity contribution in [2.24, 2.45) is 4.99 Å². The number of carbonyl (C=O) groups is 1. The first kappa shape index (κ1) is 12.2. The molecule has 0 amide bonds. The molecule has 1 aromatic carbocycles. The maximum atomic E-state index is 11.2. The topological polar surface area (TPSA) is 49.7 Å². The van der Waals surface area contributed by atoms with Crippen molar-refractivity contribution in [3.8, 4) is 0 Å². The molecular formula is C13H15NO2. The van der Waals surface area contributed by atoms with E-state index in [1.165, 1.54) is 20.1 Å². The number of Topliss-reactive ketones (excluding diaryl/α,β-unsaturated/α-hetero) is 1. The third-order valence-corrected chi connectivity index (χ3v) is 2.15. The Labute approximate surface area is 95.1 Å². The van der Waals surface area contributed by atoms with Crippen LogP contribution in [-0.2, 0) is 4.79 Å². The Morgan fingerprint density at radius 3 is 2.25 bits per heavy atom. The molecule has 0 radical (unpaired) electrons. The molecule has 0 aliphatic rings. The summed E-state index contributed by atoms with van der Waals surface area (Å²) in [7, 11) is 0. The average Bonchev–Trinajstić information content (AvgIpc) is 2.20. The molecule has 1 aromatic rings. The number of ketones is 1. The van der Waals surface area contributed by atoms with Crippen LogP contribution in [0.4, 0.5) is 5.69 Å². The lowest BCUT2D eigenvalue weighted by Crippen LogP contribution is -2.01. The van der Waals surface area contributed by atoms with E-state index in [1.54, 1.807) is 0 Å². The molecule has 0 atom stereocenters. The predicted octanol–water partition coefficient (Wildman–Crippen LogP) is 3.12. The van der Waals surface area contributed by atoms with Crippen LogP contribution in [0.25, 0.3) is 0 Å². The fourth-order valence-corrected chi connectivity index (χ4v) is 1.21. The molecule has 0 fully saturated rings. The standard InChI is InChI=1S/C13H15NO2/c1-9-4-6-12(7-5-9)14-8-13(10(2)15)11(3)16/h4-8,15H,1-3H3/b13-10+,14-8?. The van der Waals surface area contributed by atoms with E-state index in [4.69, 9.17) is 0 Å². The van der Waals surface area contributed by atoms with E-state index in [0.29, 0.717) is 0 Å². The van der Waals surface area contributed by atoms with Crippen molar-refractivity contribution in [2.75, 3.05) is 0 Å². The smallest absolute Gasteiger partial charge is 0.164 e. The molecule has 1 rings (SSSR count). The molecular weight excluding hydrogens is 202 g/mol. The van der Waals surface area contributed by atoms with Crippen LogP contribution in [0.2, 0.25) is 0 Å². The number of hydrogen-bond donors (Lipinski definition) is 1. The summed E-state index contributed by atoms with van der Waals surface area (Å²) in [5.74, 6) is -0.209. The van der Waals surface area contributed by atoms with Gasteiger partial charge in [-0.15, -0.1) is 0 Å². The molecule has 0 unspecified atom stereocenters. The van der Waals surface area contributed by atoms with Gasteiger partial charge in [0.2, 0.25) is 0 Å². The summed E-state index contributed by atoms with van der Waals surface area (Å²) >= 11 is 0. The number of aliphatic hydroxyl groups is 1. The van der Waals surface area contributed by atoms with Crippen LogP contribution >= 0.6 is 0 Å². The first-order valence-corrected chi connectivity index (χ1v) is 5.02. The SMILES string of the molecule is CC(=O)/C(C=Nc1ccc(C)cc1)=C(\C)O. The van der Waals surface area contributed by atoms with Gasteiger partial charge in [0, 0.05) is 6.21 Å². The highest BCUT2D eigenvalue weighted by molar-refractivity contribution is 6.12. The van der Waals surface area contributed by atoms with Crippen LogP contribution < -0.4 is 0 Å². The first-order chi connectivity index (χ1) is 7.50. The summed E-state index contributed by atoms with van der Waals surface area (Å²) in [4.78, 5) is 15.3. The van der Waals surface area contributed by atoms with E-state index in [2.05, 4.69) is 4.99 Å². The summed E-state index contributed by atoms with van der Waals surface area (Å²) in [5.41, 5.74) is 2.14. The van der Waals surface area contributed by atoms with Crippen LogP contribution in [0.1, 0.15) is 19.4 Å². The molecule has 0 aliphatic heterocycles. The quantitative estimate of drug-likeness (QED) is 0.480. The van der Waals surface area contributed by atoms with E-state index >= 15 is 0 Å². The van der Waals surface area contributed by atoms with Gasteiger partial charge < -0.3 is 5.11 Å². The van der Waals surface area contributed by atoms with Gasteiger partial charge in [0.1, 0.15) is 5.76 Å². The van der Waals surface area contributed by atoms with Crippen molar-refractivity contribution in [3.63, 3.8) is 0 Å². The predicted molar refractivity (Wildman–Crippen MR) is 65.3 cm³/mol. The Hall–Kier alpha value is -1.90. The third kappa shape index (κ3) is 3.35. The Bertz CT molecular complexity index is 438. The van der Waals surface area contributed by atoms with Crippen molar-refractivity contribution in [1.82, 2.24) is 0 Å². The van der Waals surface area contributed by atoms with Gasteiger partial charge in [-0.3, -0.25) is 9.79 Å². The molecule has 0 saturated carbocycles. The highest BCUT2D eigenvalue weighted by Crippen LogP contribution is 2.12. The number of carbonyl (C=O) groups excluding carboxylic acids is 1. The highest BCUT2D eigenvalue weighted by Gasteiger charge is 2.04. The van der Waals surface area contributed by atoms with Crippen molar-refractivity contribution in [3.05, 3.63) is 41.2 Å². The highest BCUT2D eigenvalue weighted by atomic mass is 16.3. The molecule has 3 nitrogen and oxygen atoms in total. The zero-order chi connectivity index (χ0) is 12.1. The van der Waals surface area contributed by atoms with E-state index in [0.717, 1.165) is 11.3 Å². The van der Waals surface area contributed by atoms with Crippen LogP contribution in [-0.4, -0.2) is 17.1 Å². The van der Waals surface area contributed by atoms with Crippen molar-refractivity contribution >= 4 is 17.7 Å². The van der Waals surface area contributed by atoms with Gasteiger partial charge in [-0.25, -0.2) is 0 Å². The van der Waals surface area contributed by atoms with Crippen molar-refractivity contribution in [2.45, 2.75) is 20.8 Å². The number of hydrogen-bond acceptors (Lipinski definition) is 3. The van der Waals surface area contributed by atoms with Crippen LogP contribution in [0.15, 0.2) is 40.6 Å². The van der Waals surface area contributed by atoms with Gasteiger partial charge >= 0.3 is 0 Å². The minimum absolute atomic E-state index is 0.0108. The second-order valence-corrected chi connectivity index (χ2v) is 3.65.